The zero-order valence-electron chi connectivity index (χ0n) is 11.4. The number of rotatable bonds is 1. The van der Waals surface area contributed by atoms with Crippen molar-refractivity contribution in [2.24, 2.45) is 0 Å². The molecule has 1 aromatic carbocycles. The van der Waals surface area contributed by atoms with E-state index in [2.05, 4.69) is 63.9 Å². The molecule has 0 bridgehead atoms. The molecule has 2 rings (SSSR count). The minimum absolute atomic E-state index is 0.132. The van der Waals surface area contributed by atoms with E-state index in [9.17, 15) is 0 Å². The molecule has 1 aromatic heterocycles. The first kappa shape index (κ1) is 12.1. The Morgan fingerprint density at radius 2 is 1.71 bits per heavy atom. The molecule has 0 amide bonds. The van der Waals surface area contributed by atoms with Crippen LogP contribution in [-0.4, -0.2) is 4.98 Å². The van der Waals surface area contributed by atoms with Gasteiger partial charge in [0, 0.05) is 17.3 Å². The van der Waals surface area contributed by atoms with Crippen LogP contribution < -0.4 is 0 Å². The van der Waals surface area contributed by atoms with Crippen LogP contribution in [0, 0.1) is 0 Å². The van der Waals surface area contributed by atoms with Crippen LogP contribution in [0.1, 0.15) is 51.8 Å². The highest BCUT2D eigenvalue weighted by molar-refractivity contribution is 5.86. The van der Waals surface area contributed by atoms with Crippen LogP contribution >= 0.6 is 0 Å². The second kappa shape index (κ2) is 4.14. The first-order valence-corrected chi connectivity index (χ1v) is 6.29. The van der Waals surface area contributed by atoms with Crippen molar-refractivity contribution < 1.29 is 0 Å². The summed E-state index contributed by atoms with van der Waals surface area (Å²) < 4.78 is 0. The lowest BCUT2D eigenvalue weighted by molar-refractivity contribution is 0.577. The van der Waals surface area contributed by atoms with Crippen LogP contribution in [0.4, 0.5) is 0 Å². The topological polar surface area (TPSA) is 12.9 Å². The number of benzene rings is 1. The summed E-state index contributed by atoms with van der Waals surface area (Å²) in [7, 11) is 0. The van der Waals surface area contributed by atoms with E-state index in [1.165, 1.54) is 22.0 Å². The predicted octanol–water partition coefficient (Wildman–Crippen LogP) is 4.66. The van der Waals surface area contributed by atoms with Crippen molar-refractivity contribution >= 4 is 10.8 Å². The molecule has 90 valence electrons. The molecule has 0 spiro atoms. The molecule has 1 nitrogen and oxygen atoms in total. The quantitative estimate of drug-likeness (QED) is 0.690. The van der Waals surface area contributed by atoms with Gasteiger partial charge < -0.3 is 0 Å². The summed E-state index contributed by atoms with van der Waals surface area (Å²) in [4.78, 5) is 4.67. The summed E-state index contributed by atoms with van der Waals surface area (Å²) in [5.74, 6) is 0.467. The molecule has 0 radical (unpaired) electrons. The summed E-state index contributed by atoms with van der Waals surface area (Å²) in [6.45, 7) is 11.2. The number of nitrogens with zero attached hydrogens (tertiary/aromatic N) is 1. The molecular formula is C16H21N. The van der Waals surface area contributed by atoms with E-state index in [0.29, 0.717) is 5.92 Å². The first-order valence-electron chi connectivity index (χ1n) is 6.29. The van der Waals surface area contributed by atoms with Gasteiger partial charge in [-0.25, -0.2) is 0 Å². The molecule has 0 aliphatic heterocycles. The Morgan fingerprint density at radius 3 is 2.29 bits per heavy atom. The average Bonchev–Trinajstić information content (AvgIpc) is 2.26. The Bertz CT molecular complexity index is 533. The van der Waals surface area contributed by atoms with Crippen molar-refractivity contribution in [2.45, 2.75) is 46.0 Å². The second-order valence-corrected chi connectivity index (χ2v) is 6.01. The summed E-state index contributed by atoms with van der Waals surface area (Å²) in [5, 5.41) is 2.58. The molecule has 0 saturated heterocycles. The molecule has 17 heavy (non-hydrogen) atoms. The van der Waals surface area contributed by atoms with Gasteiger partial charge in [0.25, 0.3) is 0 Å². The van der Waals surface area contributed by atoms with Gasteiger partial charge in [-0.2, -0.15) is 0 Å². The molecule has 0 atom stereocenters. The Hall–Kier alpha value is -1.37. The van der Waals surface area contributed by atoms with E-state index in [1.807, 2.05) is 6.20 Å². The summed E-state index contributed by atoms with van der Waals surface area (Å²) >= 11 is 0. The Kier molecular flexibility index (Phi) is 2.94. The fourth-order valence-electron chi connectivity index (χ4n) is 2.40. The number of hydrogen-bond donors (Lipinski definition) is 0. The van der Waals surface area contributed by atoms with Gasteiger partial charge in [-0.1, -0.05) is 58.9 Å². The molecule has 0 fully saturated rings. The molecule has 1 heteroatoms. The van der Waals surface area contributed by atoms with Crippen LogP contribution in [0.25, 0.3) is 10.8 Å². The Labute approximate surface area is 104 Å². The largest absolute Gasteiger partial charge is 0.260 e. The Morgan fingerprint density at radius 1 is 1.06 bits per heavy atom. The molecule has 0 unspecified atom stereocenters. The van der Waals surface area contributed by atoms with Gasteiger partial charge in [-0.15, -0.1) is 0 Å². The molecule has 1 heterocycles. The minimum Gasteiger partial charge on any atom is -0.260 e. The number of pyridine rings is 1. The monoisotopic (exact) mass is 227 g/mol. The van der Waals surface area contributed by atoms with Crippen LogP contribution in [0.3, 0.4) is 0 Å². The fraction of sp³-hybridized carbons (Fsp3) is 0.438. The van der Waals surface area contributed by atoms with Crippen LogP contribution in [0.15, 0.2) is 30.5 Å². The SMILES string of the molecule is CC(C)c1ncc2ccccc2c1C(C)(C)C. The van der Waals surface area contributed by atoms with E-state index in [1.54, 1.807) is 0 Å². The van der Waals surface area contributed by atoms with Crippen molar-refractivity contribution in [1.82, 2.24) is 4.98 Å². The number of hydrogen-bond acceptors (Lipinski definition) is 1. The van der Waals surface area contributed by atoms with Crippen molar-refractivity contribution in [3.63, 3.8) is 0 Å². The molecule has 0 aliphatic carbocycles. The van der Waals surface area contributed by atoms with Gasteiger partial charge >= 0.3 is 0 Å². The van der Waals surface area contributed by atoms with Gasteiger partial charge in [0.2, 0.25) is 0 Å². The normalized spacial score (nSPS) is 12.4. The summed E-state index contributed by atoms with van der Waals surface area (Å²) in [6.07, 6.45) is 2.00. The third-order valence-electron chi connectivity index (χ3n) is 3.13. The van der Waals surface area contributed by atoms with E-state index >= 15 is 0 Å². The molecule has 2 aromatic rings. The van der Waals surface area contributed by atoms with Gasteiger partial charge in [-0.05, 0) is 22.3 Å². The average molecular weight is 227 g/mol. The third kappa shape index (κ3) is 2.19. The first-order chi connectivity index (χ1) is 7.91. The van der Waals surface area contributed by atoms with E-state index in [-0.39, 0.29) is 5.41 Å². The molecule has 0 N–H and O–H groups in total. The highest BCUT2D eigenvalue weighted by Crippen LogP contribution is 2.34. The van der Waals surface area contributed by atoms with Gasteiger partial charge in [0.1, 0.15) is 0 Å². The van der Waals surface area contributed by atoms with Gasteiger partial charge in [-0.3, -0.25) is 4.98 Å². The van der Waals surface area contributed by atoms with Crippen LogP contribution in [-0.2, 0) is 5.41 Å². The predicted molar refractivity (Wildman–Crippen MR) is 74.5 cm³/mol. The lowest BCUT2D eigenvalue weighted by Crippen LogP contribution is -2.17. The van der Waals surface area contributed by atoms with E-state index in [0.717, 1.165) is 0 Å². The highest BCUT2D eigenvalue weighted by atomic mass is 14.7. The highest BCUT2D eigenvalue weighted by Gasteiger charge is 2.23. The fourth-order valence-corrected chi connectivity index (χ4v) is 2.40. The lowest BCUT2D eigenvalue weighted by Gasteiger charge is -2.25. The summed E-state index contributed by atoms with van der Waals surface area (Å²) in [6, 6.07) is 8.54. The molecule has 0 aliphatic rings. The van der Waals surface area contributed by atoms with Crippen molar-refractivity contribution in [1.29, 1.82) is 0 Å². The van der Waals surface area contributed by atoms with Gasteiger partial charge in [0.15, 0.2) is 0 Å². The summed E-state index contributed by atoms with van der Waals surface area (Å²) in [5.41, 5.74) is 2.76. The maximum absolute atomic E-state index is 4.67. The Balaban J connectivity index is 2.85. The van der Waals surface area contributed by atoms with Crippen molar-refractivity contribution in [2.75, 3.05) is 0 Å². The second-order valence-electron chi connectivity index (χ2n) is 6.01. The minimum atomic E-state index is 0.132. The smallest absolute Gasteiger partial charge is 0.0472 e. The molecule has 0 saturated carbocycles. The number of aromatic nitrogens is 1. The zero-order chi connectivity index (χ0) is 12.6. The van der Waals surface area contributed by atoms with Crippen molar-refractivity contribution in [3.8, 4) is 0 Å². The zero-order valence-corrected chi connectivity index (χ0v) is 11.4. The van der Waals surface area contributed by atoms with E-state index in [4.69, 9.17) is 0 Å². The lowest BCUT2D eigenvalue weighted by atomic mass is 9.80. The van der Waals surface area contributed by atoms with E-state index < -0.39 is 0 Å². The van der Waals surface area contributed by atoms with Crippen molar-refractivity contribution in [3.05, 3.63) is 41.7 Å². The van der Waals surface area contributed by atoms with Gasteiger partial charge in [0.05, 0.1) is 0 Å². The van der Waals surface area contributed by atoms with Crippen LogP contribution in [0.2, 0.25) is 0 Å². The maximum Gasteiger partial charge on any atom is 0.0472 e. The molecular weight excluding hydrogens is 206 g/mol. The van der Waals surface area contributed by atoms with Crippen LogP contribution in [0.5, 0.6) is 0 Å². The number of fused-ring (bicyclic) bond motifs is 1. The standard InChI is InChI=1S/C16H21N/c1-11(2)15-14(16(3,4)5)13-9-7-6-8-12(13)10-17-15/h6-11H,1-5H3. The maximum atomic E-state index is 4.67. The third-order valence-corrected chi connectivity index (χ3v) is 3.13.